The second-order valence-corrected chi connectivity index (χ2v) is 4.48. The van der Waals surface area contributed by atoms with Gasteiger partial charge in [0.2, 0.25) is 0 Å². The van der Waals surface area contributed by atoms with Gasteiger partial charge in [-0.2, -0.15) is 0 Å². The van der Waals surface area contributed by atoms with Crippen LogP contribution in [0.25, 0.3) is 5.57 Å². The van der Waals surface area contributed by atoms with E-state index in [0.717, 1.165) is 12.0 Å². The van der Waals surface area contributed by atoms with Gasteiger partial charge in [-0.05, 0) is 56.2 Å². The van der Waals surface area contributed by atoms with Gasteiger partial charge in [0.1, 0.15) is 0 Å². The predicted octanol–water partition coefficient (Wildman–Crippen LogP) is 4.72. The van der Waals surface area contributed by atoms with E-state index in [9.17, 15) is 0 Å². The van der Waals surface area contributed by atoms with Gasteiger partial charge in [0, 0.05) is 0 Å². The van der Waals surface area contributed by atoms with E-state index >= 15 is 0 Å². The molecule has 0 bridgehead atoms. The molecule has 0 saturated carbocycles. The predicted molar refractivity (Wildman–Crippen MR) is 79.3 cm³/mol. The van der Waals surface area contributed by atoms with E-state index in [2.05, 4.69) is 44.2 Å². The van der Waals surface area contributed by atoms with E-state index in [1.165, 1.54) is 30.4 Å². The number of unbranched alkanes of at least 4 members (excludes halogenated alkanes) is 2. The van der Waals surface area contributed by atoms with Crippen molar-refractivity contribution in [1.82, 2.24) is 0 Å². The summed E-state index contributed by atoms with van der Waals surface area (Å²) in [5.41, 5.74) is 3.66. The number of aliphatic hydroxyl groups excluding tert-OH is 1. The Morgan fingerprint density at radius 3 is 2.39 bits per heavy atom. The average Bonchev–Trinajstić information content (AvgIpc) is 2.43. The van der Waals surface area contributed by atoms with Crippen molar-refractivity contribution in [1.29, 1.82) is 0 Å². The first-order valence-electron chi connectivity index (χ1n) is 6.78. The third-order valence-corrected chi connectivity index (χ3v) is 3.16. The molecule has 0 aliphatic carbocycles. The zero-order valence-electron chi connectivity index (χ0n) is 11.5. The summed E-state index contributed by atoms with van der Waals surface area (Å²) in [5.74, 6) is 0. The van der Waals surface area contributed by atoms with Gasteiger partial charge in [-0.25, -0.2) is 0 Å². The van der Waals surface area contributed by atoms with Crippen molar-refractivity contribution in [2.45, 2.75) is 46.1 Å². The molecule has 1 aromatic carbocycles. The molecule has 0 fully saturated rings. The molecule has 0 amide bonds. The Labute approximate surface area is 111 Å². The average molecular weight is 244 g/mol. The summed E-state index contributed by atoms with van der Waals surface area (Å²) in [7, 11) is 0. The Balaban J connectivity index is 2.50. The van der Waals surface area contributed by atoms with E-state index in [1.54, 1.807) is 0 Å². The molecule has 1 aromatic rings. The van der Waals surface area contributed by atoms with Gasteiger partial charge in [-0.3, -0.25) is 0 Å². The first-order valence-corrected chi connectivity index (χ1v) is 6.78. The Bertz CT molecular complexity index is 385. The van der Waals surface area contributed by atoms with Crippen LogP contribution >= 0.6 is 0 Å². The molecule has 0 saturated heterocycles. The largest absolute Gasteiger partial charge is 0.392 e. The van der Waals surface area contributed by atoms with Crippen LogP contribution in [-0.4, -0.2) is 5.11 Å². The Morgan fingerprint density at radius 2 is 1.83 bits per heavy atom. The minimum Gasteiger partial charge on any atom is -0.392 e. The molecule has 0 heterocycles. The molecular formula is C17H24O. The van der Waals surface area contributed by atoms with Crippen LogP contribution in [0.4, 0.5) is 0 Å². The van der Waals surface area contributed by atoms with E-state index in [-0.39, 0.29) is 6.61 Å². The number of aliphatic hydroxyl groups is 1. The first-order chi connectivity index (χ1) is 8.81. The molecule has 0 unspecified atom stereocenters. The highest BCUT2D eigenvalue weighted by molar-refractivity contribution is 5.65. The van der Waals surface area contributed by atoms with Crippen LogP contribution in [0.3, 0.4) is 0 Å². The van der Waals surface area contributed by atoms with Crippen molar-refractivity contribution in [3.8, 4) is 0 Å². The van der Waals surface area contributed by atoms with Gasteiger partial charge < -0.3 is 5.11 Å². The van der Waals surface area contributed by atoms with Crippen LogP contribution in [-0.2, 0) is 6.61 Å². The quantitative estimate of drug-likeness (QED) is 0.543. The molecule has 18 heavy (non-hydrogen) atoms. The van der Waals surface area contributed by atoms with Crippen molar-refractivity contribution in [2.75, 3.05) is 0 Å². The Kier molecular flexibility index (Phi) is 7.12. The minimum atomic E-state index is 0.120. The van der Waals surface area contributed by atoms with Gasteiger partial charge >= 0.3 is 0 Å². The third kappa shape index (κ3) is 4.89. The van der Waals surface area contributed by atoms with Gasteiger partial charge in [0.05, 0.1) is 6.61 Å². The molecule has 1 heteroatoms. The van der Waals surface area contributed by atoms with Gasteiger partial charge in [-0.15, -0.1) is 0 Å². The van der Waals surface area contributed by atoms with Gasteiger partial charge in [0.15, 0.2) is 0 Å². The lowest BCUT2D eigenvalue weighted by molar-refractivity contribution is 0.282. The van der Waals surface area contributed by atoms with Crippen molar-refractivity contribution < 1.29 is 5.11 Å². The molecule has 0 radical (unpaired) electrons. The van der Waals surface area contributed by atoms with Crippen molar-refractivity contribution >= 4 is 5.57 Å². The summed E-state index contributed by atoms with van der Waals surface area (Å²) in [4.78, 5) is 0. The topological polar surface area (TPSA) is 20.2 Å². The standard InChI is InChI=1S/C17H24O/c1-3-5-6-7-8-9-16(4-2)17-12-10-15(14-18)11-13-17/h3-5,10-13,18H,6-9,14H2,1-2H3/b5-3+,16-4+. The molecule has 0 spiro atoms. The van der Waals surface area contributed by atoms with E-state index in [0.29, 0.717) is 0 Å². The Hall–Kier alpha value is -1.34. The number of benzene rings is 1. The third-order valence-electron chi connectivity index (χ3n) is 3.16. The fourth-order valence-electron chi connectivity index (χ4n) is 2.02. The van der Waals surface area contributed by atoms with Crippen molar-refractivity contribution in [3.63, 3.8) is 0 Å². The molecule has 0 aliphatic heterocycles. The SMILES string of the molecule is C/C=C/CCCC/C(=C\C)c1ccc(CO)cc1. The van der Waals surface area contributed by atoms with Crippen molar-refractivity contribution in [2.24, 2.45) is 0 Å². The maximum Gasteiger partial charge on any atom is 0.0681 e. The minimum absolute atomic E-state index is 0.120. The highest BCUT2D eigenvalue weighted by Crippen LogP contribution is 2.21. The first kappa shape index (κ1) is 14.7. The van der Waals surface area contributed by atoms with Crippen LogP contribution in [0.15, 0.2) is 42.5 Å². The van der Waals surface area contributed by atoms with Gasteiger partial charge in [0.25, 0.3) is 0 Å². The summed E-state index contributed by atoms with van der Waals surface area (Å²) in [6, 6.07) is 8.21. The van der Waals surface area contributed by atoms with Gasteiger partial charge in [-0.1, -0.05) is 42.5 Å². The van der Waals surface area contributed by atoms with E-state index < -0.39 is 0 Å². The fraction of sp³-hybridized carbons (Fsp3) is 0.412. The lowest BCUT2D eigenvalue weighted by Gasteiger charge is -2.08. The van der Waals surface area contributed by atoms with E-state index in [1.807, 2.05) is 12.1 Å². The van der Waals surface area contributed by atoms with Crippen molar-refractivity contribution in [3.05, 3.63) is 53.6 Å². The summed E-state index contributed by atoms with van der Waals surface area (Å²) >= 11 is 0. The molecule has 0 aromatic heterocycles. The molecule has 0 atom stereocenters. The lowest BCUT2D eigenvalue weighted by Crippen LogP contribution is -1.88. The Morgan fingerprint density at radius 1 is 1.11 bits per heavy atom. The summed E-state index contributed by atoms with van der Waals surface area (Å²) in [6.07, 6.45) is 11.3. The zero-order valence-corrected chi connectivity index (χ0v) is 11.5. The van der Waals surface area contributed by atoms with Crippen LogP contribution in [0.2, 0.25) is 0 Å². The monoisotopic (exact) mass is 244 g/mol. The lowest BCUT2D eigenvalue weighted by atomic mass is 9.98. The smallest absolute Gasteiger partial charge is 0.0681 e. The normalized spacial score (nSPS) is 12.3. The highest BCUT2D eigenvalue weighted by atomic mass is 16.3. The number of allylic oxidation sites excluding steroid dienone is 4. The summed E-state index contributed by atoms with van der Waals surface area (Å²) in [5, 5.41) is 9.03. The molecule has 1 rings (SSSR count). The summed E-state index contributed by atoms with van der Waals surface area (Å²) in [6.45, 7) is 4.29. The summed E-state index contributed by atoms with van der Waals surface area (Å²) < 4.78 is 0. The number of hydrogen-bond donors (Lipinski definition) is 1. The van der Waals surface area contributed by atoms with Crippen LogP contribution < -0.4 is 0 Å². The maximum atomic E-state index is 9.03. The molecule has 0 aliphatic rings. The maximum absolute atomic E-state index is 9.03. The molecular weight excluding hydrogens is 220 g/mol. The van der Waals surface area contributed by atoms with E-state index in [4.69, 9.17) is 5.11 Å². The molecule has 1 nitrogen and oxygen atoms in total. The second kappa shape index (κ2) is 8.71. The van der Waals surface area contributed by atoms with Crippen LogP contribution in [0.5, 0.6) is 0 Å². The fourth-order valence-corrected chi connectivity index (χ4v) is 2.02. The number of rotatable bonds is 7. The van der Waals surface area contributed by atoms with Crippen LogP contribution in [0.1, 0.15) is 50.7 Å². The highest BCUT2D eigenvalue weighted by Gasteiger charge is 2.00. The molecule has 1 N–H and O–H groups in total. The second-order valence-electron chi connectivity index (χ2n) is 4.48. The zero-order chi connectivity index (χ0) is 13.2. The van der Waals surface area contributed by atoms with Crippen LogP contribution in [0, 0.1) is 0 Å². The molecule has 98 valence electrons. The number of hydrogen-bond acceptors (Lipinski definition) is 1.